The maximum absolute atomic E-state index is 9.17. The van der Waals surface area contributed by atoms with Crippen LogP contribution in [0.2, 0.25) is 0 Å². The van der Waals surface area contributed by atoms with E-state index in [0.717, 1.165) is 5.69 Å². The lowest BCUT2D eigenvalue weighted by Gasteiger charge is -2.01. The number of aliphatic hydroxyl groups excluding tert-OH is 1. The third-order valence-corrected chi connectivity index (χ3v) is 1.78. The van der Waals surface area contributed by atoms with Crippen molar-refractivity contribution in [1.82, 2.24) is 4.98 Å². The Hall–Kier alpha value is -1.13. The lowest BCUT2D eigenvalue weighted by atomic mass is 10.2. The Morgan fingerprint density at radius 2 is 2.33 bits per heavy atom. The van der Waals surface area contributed by atoms with E-state index in [9.17, 15) is 5.11 Å². The van der Waals surface area contributed by atoms with Gasteiger partial charge in [-0.2, -0.15) is 0 Å². The van der Waals surface area contributed by atoms with Crippen molar-refractivity contribution in [3.63, 3.8) is 0 Å². The zero-order valence-electron chi connectivity index (χ0n) is 6.40. The lowest BCUT2D eigenvalue weighted by Crippen LogP contribution is -1.94. The second kappa shape index (κ2) is 2.73. The molecule has 64 valence electrons. The van der Waals surface area contributed by atoms with Gasteiger partial charge in [0.2, 0.25) is 0 Å². The van der Waals surface area contributed by atoms with E-state index in [-0.39, 0.29) is 18.5 Å². The second-order valence-corrected chi connectivity index (χ2v) is 2.68. The van der Waals surface area contributed by atoms with E-state index < -0.39 is 0 Å². The number of aromatic hydroxyl groups is 1. The molecule has 1 unspecified atom stereocenters. The van der Waals surface area contributed by atoms with E-state index in [1.807, 2.05) is 0 Å². The molecule has 1 aromatic heterocycles. The molecule has 4 heteroatoms. The van der Waals surface area contributed by atoms with Gasteiger partial charge in [0.15, 0.2) is 0 Å². The van der Waals surface area contributed by atoms with Crippen molar-refractivity contribution in [2.24, 2.45) is 0 Å². The van der Waals surface area contributed by atoms with Gasteiger partial charge in [-0.05, 0) is 12.1 Å². The molecule has 0 spiro atoms. The van der Waals surface area contributed by atoms with Gasteiger partial charge in [0.05, 0.1) is 18.9 Å². The molecule has 1 aliphatic heterocycles. The summed E-state index contributed by atoms with van der Waals surface area (Å²) in [7, 11) is 0. The third kappa shape index (κ3) is 1.26. The molecule has 0 saturated carbocycles. The molecule has 12 heavy (non-hydrogen) atoms. The molecule has 0 bridgehead atoms. The molecule has 2 heterocycles. The monoisotopic (exact) mass is 167 g/mol. The minimum atomic E-state index is -0.244. The number of pyridine rings is 1. The van der Waals surface area contributed by atoms with Crippen molar-refractivity contribution in [3.05, 3.63) is 23.5 Å². The van der Waals surface area contributed by atoms with Gasteiger partial charge in [-0.3, -0.25) is 0 Å². The average molecular weight is 167 g/mol. The van der Waals surface area contributed by atoms with Crippen LogP contribution in [-0.2, 0) is 11.3 Å². The molecule has 2 rings (SSSR count). The van der Waals surface area contributed by atoms with Crippen LogP contribution in [0.15, 0.2) is 12.1 Å². The normalized spacial score (nSPS) is 20.9. The average Bonchev–Trinajstić information content (AvgIpc) is 2.88. The summed E-state index contributed by atoms with van der Waals surface area (Å²) < 4.78 is 5.01. The number of ether oxygens (including phenoxy) is 1. The van der Waals surface area contributed by atoms with Crippen LogP contribution in [0, 0.1) is 0 Å². The number of aromatic nitrogens is 1. The molecule has 1 aromatic rings. The van der Waals surface area contributed by atoms with Crippen molar-refractivity contribution in [1.29, 1.82) is 0 Å². The Bertz CT molecular complexity index is 296. The van der Waals surface area contributed by atoms with Crippen molar-refractivity contribution < 1.29 is 14.9 Å². The summed E-state index contributed by atoms with van der Waals surface area (Å²) in [4.78, 5) is 4.03. The number of epoxide rings is 1. The number of hydrogen-bond donors (Lipinski definition) is 2. The van der Waals surface area contributed by atoms with Crippen molar-refractivity contribution in [2.45, 2.75) is 12.7 Å². The molecular weight excluding hydrogens is 158 g/mol. The van der Waals surface area contributed by atoms with E-state index in [2.05, 4.69) is 4.98 Å². The van der Waals surface area contributed by atoms with Gasteiger partial charge in [0, 0.05) is 0 Å². The van der Waals surface area contributed by atoms with Gasteiger partial charge in [-0.25, -0.2) is 4.98 Å². The molecule has 1 aliphatic rings. The van der Waals surface area contributed by atoms with Crippen LogP contribution in [0.25, 0.3) is 0 Å². The fourth-order valence-corrected chi connectivity index (χ4v) is 1.03. The van der Waals surface area contributed by atoms with Crippen molar-refractivity contribution in [3.8, 4) is 5.75 Å². The molecule has 0 aromatic carbocycles. The van der Waals surface area contributed by atoms with Gasteiger partial charge < -0.3 is 14.9 Å². The number of hydrogen-bond acceptors (Lipinski definition) is 4. The van der Waals surface area contributed by atoms with E-state index in [1.165, 1.54) is 6.07 Å². The molecule has 1 atom stereocenters. The summed E-state index contributed by atoms with van der Waals surface area (Å²) >= 11 is 0. The predicted molar refractivity (Wildman–Crippen MR) is 40.5 cm³/mol. The maximum atomic E-state index is 9.17. The van der Waals surface area contributed by atoms with E-state index in [1.54, 1.807) is 6.07 Å². The zero-order chi connectivity index (χ0) is 8.55. The smallest absolute Gasteiger partial charge is 0.139 e. The highest BCUT2D eigenvalue weighted by Crippen LogP contribution is 2.29. The van der Waals surface area contributed by atoms with E-state index in [0.29, 0.717) is 12.3 Å². The van der Waals surface area contributed by atoms with E-state index >= 15 is 0 Å². The lowest BCUT2D eigenvalue weighted by molar-refractivity contribution is 0.269. The van der Waals surface area contributed by atoms with Crippen LogP contribution in [-0.4, -0.2) is 21.8 Å². The first-order valence-corrected chi connectivity index (χ1v) is 3.72. The van der Waals surface area contributed by atoms with Crippen LogP contribution >= 0.6 is 0 Å². The largest absolute Gasteiger partial charge is 0.506 e. The molecule has 4 nitrogen and oxygen atoms in total. The Morgan fingerprint density at radius 1 is 1.58 bits per heavy atom. The molecule has 0 amide bonds. The topological polar surface area (TPSA) is 65.9 Å². The fourth-order valence-electron chi connectivity index (χ4n) is 1.03. The van der Waals surface area contributed by atoms with Crippen LogP contribution in [0.5, 0.6) is 5.75 Å². The number of aliphatic hydroxyl groups is 1. The fraction of sp³-hybridized carbons (Fsp3) is 0.375. The van der Waals surface area contributed by atoms with Gasteiger partial charge >= 0.3 is 0 Å². The molecule has 2 N–H and O–H groups in total. The highest BCUT2D eigenvalue weighted by Gasteiger charge is 2.26. The Kier molecular flexibility index (Phi) is 1.71. The summed E-state index contributed by atoms with van der Waals surface area (Å²) in [6.07, 6.45) is 0.0656. The third-order valence-electron chi connectivity index (χ3n) is 1.78. The zero-order valence-corrected chi connectivity index (χ0v) is 6.40. The standard InChI is InChI=1S/C8H9NO3/c10-3-6-7(11)2-1-5(9-6)8-4-12-8/h1-2,8,10-11H,3-4H2. The predicted octanol–water partition coefficient (Wildman–Crippen LogP) is 0.351. The molecule has 1 fully saturated rings. The summed E-state index contributed by atoms with van der Waals surface area (Å²) in [6, 6.07) is 3.22. The summed E-state index contributed by atoms with van der Waals surface area (Å²) in [5.41, 5.74) is 1.08. The van der Waals surface area contributed by atoms with E-state index in [4.69, 9.17) is 9.84 Å². The second-order valence-electron chi connectivity index (χ2n) is 2.68. The van der Waals surface area contributed by atoms with Crippen molar-refractivity contribution in [2.75, 3.05) is 6.61 Å². The van der Waals surface area contributed by atoms with Gasteiger partial charge in [-0.1, -0.05) is 0 Å². The highest BCUT2D eigenvalue weighted by molar-refractivity contribution is 5.28. The van der Waals surface area contributed by atoms with Crippen LogP contribution in [0.4, 0.5) is 0 Å². The van der Waals surface area contributed by atoms with Crippen LogP contribution in [0.3, 0.4) is 0 Å². The maximum Gasteiger partial charge on any atom is 0.139 e. The quantitative estimate of drug-likeness (QED) is 0.624. The van der Waals surface area contributed by atoms with Gasteiger partial charge in [0.1, 0.15) is 17.5 Å². The minimum Gasteiger partial charge on any atom is -0.506 e. The summed E-state index contributed by atoms with van der Waals surface area (Å²) in [5.74, 6) is 0.0295. The van der Waals surface area contributed by atoms with Crippen molar-refractivity contribution >= 4 is 0 Å². The summed E-state index contributed by atoms with van der Waals surface area (Å²) in [5, 5.41) is 18.0. The first kappa shape index (κ1) is 7.52. The first-order chi connectivity index (χ1) is 5.81. The molecular formula is C8H9NO3. The Labute approximate surface area is 69.4 Å². The highest BCUT2D eigenvalue weighted by atomic mass is 16.6. The van der Waals surface area contributed by atoms with Gasteiger partial charge in [0.25, 0.3) is 0 Å². The minimum absolute atomic E-state index is 0.0295. The molecule has 1 saturated heterocycles. The number of rotatable bonds is 2. The Morgan fingerprint density at radius 3 is 2.92 bits per heavy atom. The first-order valence-electron chi connectivity index (χ1n) is 3.72. The molecule has 0 aliphatic carbocycles. The van der Waals surface area contributed by atoms with Crippen LogP contribution in [0.1, 0.15) is 17.5 Å². The van der Waals surface area contributed by atoms with Crippen LogP contribution < -0.4 is 0 Å². The number of nitrogens with zero attached hydrogens (tertiary/aromatic N) is 1. The van der Waals surface area contributed by atoms with Gasteiger partial charge in [-0.15, -0.1) is 0 Å². The Balaban J connectivity index is 2.33. The SMILES string of the molecule is OCc1nc(C2CO2)ccc1O. The molecule has 0 radical (unpaired) electrons. The summed E-state index contributed by atoms with van der Waals surface area (Å²) in [6.45, 7) is 0.440.